The minimum absolute atomic E-state index is 0.0580. The number of hydrogen-bond donors (Lipinski definition) is 0. The van der Waals surface area contributed by atoms with Gasteiger partial charge in [0.1, 0.15) is 18.1 Å². The predicted molar refractivity (Wildman–Crippen MR) is 93.8 cm³/mol. The highest BCUT2D eigenvalue weighted by atomic mass is 35.5. The fraction of sp³-hybridized carbons (Fsp3) is 0.389. The van der Waals surface area contributed by atoms with Gasteiger partial charge < -0.3 is 14.1 Å². The van der Waals surface area contributed by atoms with Gasteiger partial charge in [-0.25, -0.2) is 0 Å². The number of piperidine rings is 1. The van der Waals surface area contributed by atoms with E-state index in [0.29, 0.717) is 33.2 Å². The van der Waals surface area contributed by atoms with E-state index in [-0.39, 0.29) is 12.5 Å². The molecule has 6 heteroatoms. The Morgan fingerprint density at radius 3 is 2.92 bits per heavy atom. The largest absolute Gasteiger partial charge is 0.484 e. The van der Waals surface area contributed by atoms with Crippen LogP contribution in [-0.2, 0) is 6.61 Å². The normalized spacial score (nSPS) is 17.8. The van der Waals surface area contributed by atoms with Crippen LogP contribution in [0.1, 0.15) is 36.1 Å². The van der Waals surface area contributed by atoms with Crippen LogP contribution in [0.4, 0.5) is 0 Å². The molecule has 3 rings (SSSR count). The monoisotopic (exact) mass is 367 g/mol. The molecule has 1 aromatic carbocycles. The SMILES string of the molecule is C[C@@H]1CCCN(C(=O)c2ccc(COc3ccc(Cl)cc3Cl)o2)C1. The van der Waals surface area contributed by atoms with Crippen LogP contribution in [0.2, 0.25) is 10.0 Å². The van der Waals surface area contributed by atoms with Crippen LogP contribution in [0, 0.1) is 5.92 Å². The second-order valence-electron chi connectivity index (χ2n) is 6.13. The minimum Gasteiger partial charge on any atom is -0.484 e. The average molecular weight is 368 g/mol. The first kappa shape index (κ1) is 17.2. The number of rotatable bonds is 4. The molecule has 24 heavy (non-hydrogen) atoms. The van der Waals surface area contributed by atoms with Crippen LogP contribution < -0.4 is 4.74 Å². The van der Waals surface area contributed by atoms with Crippen LogP contribution in [0.5, 0.6) is 5.75 Å². The number of halogens is 2. The van der Waals surface area contributed by atoms with Crippen molar-refractivity contribution in [3.8, 4) is 5.75 Å². The third-order valence-corrected chi connectivity index (χ3v) is 4.61. The van der Waals surface area contributed by atoms with E-state index >= 15 is 0 Å². The molecule has 0 bridgehead atoms. The number of benzene rings is 1. The van der Waals surface area contributed by atoms with Crippen molar-refractivity contribution in [3.63, 3.8) is 0 Å². The van der Waals surface area contributed by atoms with E-state index in [4.69, 9.17) is 32.4 Å². The average Bonchev–Trinajstić information content (AvgIpc) is 3.02. The Hall–Kier alpha value is -1.65. The molecule has 1 fully saturated rings. The smallest absolute Gasteiger partial charge is 0.289 e. The Balaban J connectivity index is 1.62. The summed E-state index contributed by atoms with van der Waals surface area (Å²) >= 11 is 11.9. The molecular weight excluding hydrogens is 349 g/mol. The summed E-state index contributed by atoms with van der Waals surface area (Å²) in [5.41, 5.74) is 0. The maximum absolute atomic E-state index is 12.5. The van der Waals surface area contributed by atoms with Crippen molar-refractivity contribution >= 4 is 29.1 Å². The second kappa shape index (κ2) is 7.49. The molecule has 1 saturated heterocycles. The summed E-state index contributed by atoms with van der Waals surface area (Å²) in [7, 11) is 0. The molecule has 1 aromatic heterocycles. The third kappa shape index (κ3) is 4.05. The highest BCUT2D eigenvalue weighted by Gasteiger charge is 2.24. The molecule has 1 atom stereocenters. The van der Waals surface area contributed by atoms with E-state index in [1.54, 1.807) is 30.3 Å². The van der Waals surface area contributed by atoms with Gasteiger partial charge in [-0.2, -0.15) is 0 Å². The summed E-state index contributed by atoms with van der Waals surface area (Å²) in [4.78, 5) is 14.3. The summed E-state index contributed by atoms with van der Waals surface area (Å²) in [6.07, 6.45) is 2.21. The second-order valence-corrected chi connectivity index (χ2v) is 6.97. The lowest BCUT2D eigenvalue weighted by atomic mass is 10.0. The van der Waals surface area contributed by atoms with E-state index in [1.807, 2.05) is 4.90 Å². The zero-order valence-electron chi connectivity index (χ0n) is 13.4. The van der Waals surface area contributed by atoms with Crippen LogP contribution in [0.15, 0.2) is 34.7 Å². The Labute approximate surface area is 151 Å². The predicted octanol–water partition coefficient (Wildman–Crippen LogP) is 5.04. The van der Waals surface area contributed by atoms with Crippen molar-refractivity contribution in [3.05, 3.63) is 51.9 Å². The maximum atomic E-state index is 12.5. The number of hydrogen-bond acceptors (Lipinski definition) is 3. The number of ether oxygens (including phenoxy) is 1. The van der Waals surface area contributed by atoms with Crippen molar-refractivity contribution in [1.29, 1.82) is 0 Å². The van der Waals surface area contributed by atoms with Crippen LogP contribution in [-0.4, -0.2) is 23.9 Å². The van der Waals surface area contributed by atoms with Crippen molar-refractivity contribution in [2.75, 3.05) is 13.1 Å². The highest BCUT2D eigenvalue weighted by molar-refractivity contribution is 6.35. The van der Waals surface area contributed by atoms with E-state index in [2.05, 4.69) is 6.92 Å². The molecule has 4 nitrogen and oxygen atoms in total. The Kier molecular flexibility index (Phi) is 5.36. The van der Waals surface area contributed by atoms with Crippen LogP contribution in [0.3, 0.4) is 0 Å². The third-order valence-electron chi connectivity index (χ3n) is 4.08. The Morgan fingerprint density at radius 2 is 2.17 bits per heavy atom. The fourth-order valence-electron chi connectivity index (χ4n) is 2.84. The molecular formula is C18H19Cl2NO3. The molecule has 2 aromatic rings. The van der Waals surface area contributed by atoms with E-state index < -0.39 is 0 Å². The van der Waals surface area contributed by atoms with Gasteiger partial charge in [0, 0.05) is 18.1 Å². The molecule has 1 amide bonds. The van der Waals surface area contributed by atoms with Gasteiger partial charge in [-0.3, -0.25) is 4.79 Å². The summed E-state index contributed by atoms with van der Waals surface area (Å²) in [6, 6.07) is 8.48. The first-order valence-electron chi connectivity index (χ1n) is 7.99. The number of carbonyl (C=O) groups is 1. The van der Waals surface area contributed by atoms with Gasteiger partial charge >= 0.3 is 0 Å². The van der Waals surface area contributed by atoms with Crippen molar-refractivity contribution in [1.82, 2.24) is 4.90 Å². The minimum atomic E-state index is -0.0580. The lowest BCUT2D eigenvalue weighted by molar-refractivity contribution is 0.0647. The molecule has 0 aliphatic carbocycles. The van der Waals surface area contributed by atoms with E-state index in [1.165, 1.54) is 6.42 Å². The van der Waals surface area contributed by atoms with Crippen molar-refractivity contribution in [2.24, 2.45) is 5.92 Å². The Bertz CT molecular complexity index is 729. The summed E-state index contributed by atoms with van der Waals surface area (Å²) < 4.78 is 11.3. The lowest BCUT2D eigenvalue weighted by Crippen LogP contribution is -2.38. The van der Waals surface area contributed by atoms with Crippen LogP contribution in [0.25, 0.3) is 0 Å². The van der Waals surface area contributed by atoms with Gasteiger partial charge in [-0.05, 0) is 49.1 Å². The lowest BCUT2D eigenvalue weighted by Gasteiger charge is -2.30. The molecule has 0 spiro atoms. The zero-order valence-corrected chi connectivity index (χ0v) is 14.9. The quantitative estimate of drug-likeness (QED) is 0.760. The standard InChI is InChI=1S/C18H19Cl2NO3/c1-12-3-2-8-21(10-12)18(22)17-7-5-14(24-17)11-23-16-6-4-13(19)9-15(16)20/h4-7,9,12H,2-3,8,10-11H2,1H3/t12-/m1/s1. The van der Waals surface area contributed by atoms with Gasteiger partial charge in [0.15, 0.2) is 5.76 Å². The van der Waals surface area contributed by atoms with Gasteiger partial charge in [0.25, 0.3) is 5.91 Å². The summed E-state index contributed by atoms with van der Waals surface area (Å²) in [6.45, 7) is 3.93. The zero-order chi connectivity index (χ0) is 17.1. The van der Waals surface area contributed by atoms with Crippen molar-refractivity contribution in [2.45, 2.75) is 26.4 Å². The van der Waals surface area contributed by atoms with Gasteiger partial charge in [0.2, 0.25) is 0 Å². The Morgan fingerprint density at radius 1 is 1.33 bits per heavy atom. The number of furan rings is 1. The number of nitrogens with zero attached hydrogens (tertiary/aromatic N) is 1. The fourth-order valence-corrected chi connectivity index (χ4v) is 3.30. The summed E-state index contributed by atoms with van der Waals surface area (Å²) in [5.74, 6) is 1.93. The molecule has 0 unspecified atom stereocenters. The van der Waals surface area contributed by atoms with Gasteiger partial charge in [0.05, 0.1) is 5.02 Å². The molecule has 1 aliphatic heterocycles. The molecule has 1 aliphatic rings. The first-order valence-corrected chi connectivity index (χ1v) is 8.74. The van der Waals surface area contributed by atoms with Gasteiger partial charge in [-0.15, -0.1) is 0 Å². The van der Waals surface area contributed by atoms with Crippen molar-refractivity contribution < 1.29 is 13.9 Å². The molecule has 0 N–H and O–H groups in total. The van der Waals surface area contributed by atoms with Gasteiger partial charge in [-0.1, -0.05) is 30.1 Å². The summed E-state index contributed by atoms with van der Waals surface area (Å²) in [5, 5.41) is 0.988. The first-order chi connectivity index (χ1) is 11.5. The number of carbonyl (C=O) groups excluding carboxylic acids is 1. The molecule has 128 valence electrons. The number of amides is 1. The highest BCUT2D eigenvalue weighted by Crippen LogP contribution is 2.28. The van der Waals surface area contributed by atoms with E-state index in [0.717, 1.165) is 19.5 Å². The molecule has 0 radical (unpaired) electrons. The molecule has 0 saturated carbocycles. The number of likely N-dealkylation sites (tertiary alicyclic amines) is 1. The topological polar surface area (TPSA) is 42.7 Å². The van der Waals surface area contributed by atoms with Crippen LogP contribution >= 0.6 is 23.2 Å². The van der Waals surface area contributed by atoms with E-state index in [9.17, 15) is 4.79 Å². The maximum Gasteiger partial charge on any atom is 0.289 e. The molecule has 2 heterocycles.